The van der Waals surface area contributed by atoms with Crippen LogP contribution in [-0.2, 0) is 11.2 Å². The molecular weight excluding hydrogens is 273 g/mol. The second-order valence-corrected chi connectivity index (χ2v) is 3.52. The molecule has 16 heavy (non-hydrogen) atoms. The second kappa shape index (κ2) is 4.55. The highest BCUT2D eigenvalue weighted by molar-refractivity contribution is 6.33. The lowest BCUT2D eigenvalue weighted by Gasteiger charge is -2.06. The fourth-order valence-electron chi connectivity index (χ4n) is 0.881. The summed E-state index contributed by atoms with van der Waals surface area (Å²) in [7, 11) is 0. The largest absolute Gasteiger partial charge is 0.450 e. The van der Waals surface area contributed by atoms with Gasteiger partial charge in [-0.05, 0) is 6.07 Å². The molecule has 1 heterocycles. The summed E-state index contributed by atoms with van der Waals surface area (Å²) in [4.78, 5) is 13.9. The summed E-state index contributed by atoms with van der Waals surface area (Å²) in [6.07, 6.45) is -6.05. The summed E-state index contributed by atoms with van der Waals surface area (Å²) in [6.45, 7) is 0. The maximum atomic E-state index is 12.9. The number of halogens is 6. The minimum Gasteiger partial charge on any atom is -0.289 e. The van der Waals surface area contributed by atoms with Gasteiger partial charge in [0.15, 0.2) is 11.0 Å². The third kappa shape index (κ3) is 3.05. The topological polar surface area (TPSA) is 30.0 Å². The van der Waals surface area contributed by atoms with E-state index >= 15 is 0 Å². The Morgan fingerprint density at radius 2 is 1.88 bits per heavy atom. The van der Waals surface area contributed by atoms with Crippen molar-refractivity contribution in [1.82, 2.24) is 4.98 Å². The first-order valence-electron chi connectivity index (χ1n) is 3.82. The number of hydrogen-bond donors (Lipinski definition) is 0. The van der Waals surface area contributed by atoms with Gasteiger partial charge in [-0.25, -0.2) is 9.37 Å². The predicted octanol–water partition coefficient (Wildman–Crippen LogP) is 3.20. The van der Waals surface area contributed by atoms with E-state index in [1.54, 1.807) is 0 Å². The van der Waals surface area contributed by atoms with Crippen LogP contribution >= 0.6 is 23.2 Å². The summed E-state index contributed by atoms with van der Waals surface area (Å²) >= 11 is 10.6. The monoisotopic (exact) mass is 275 g/mol. The number of carbonyl (C=O) groups excluding carboxylic acids is 1. The molecule has 0 saturated carbocycles. The Balaban J connectivity index is 2.99. The number of ketones is 1. The standard InChI is InChI=1S/C8H3Cl2F4NO/c9-6-3(1-4(11)7(10)15-6)2-5(16)8(12,13)14/h1H,2H2. The fourth-order valence-corrected chi connectivity index (χ4v) is 1.27. The highest BCUT2D eigenvalue weighted by atomic mass is 35.5. The number of pyridine rings is 1. The molecule has 1 aromatic rings. The Hall–Kier alpha value is -0.880. The van der Waals surface area contributed by atoms with Gasteiger partial charge in [-0.2, -0.15) is 13.2 Å². The van der Waals surface area contributed by atoms with Crippen LogP contribution in [0.15, 0.2) is 6.07 Å². The molecule has 0 aromatic carbocycles. The van der Waals surface area contributed by atoms with Gasteiger partial charge in [0.2, 0.25) is 5.78 Å². The SMILES string of the molecule is O=C(Cc1cc(F)c(Cl)nc1Cl)C(F)(F)F. The zero-order valence-corrected chi connectivity index (χ0v) is 8.92. The number of carbonyl (C=O) groups is 1. The summed E-state index contributed by atoms with van der Waals surface area (Å²) in [5, 5.41) is -0.989. The maximum Gasteiger partial charge on any atom is 0.450 e. The molecule has 2 nitrogen and oxygen atoms in total. The summed E-state index contributed by atoms with van der Waals surface area (Å²) in [5.74, 6) is -3.06. The zero-order valence-electron chi connectivity index (χ0n) is 7.41. The van der Waals surface area contributed by atoms with Crippen molar-refractivity contribution in [2.75, 3.05) is 0 Å². The van der Waals surface area contributed by atoms with E-state index in [0.717, 1.165) is 0 Å². The van der Waals surface area contributed by atoms with Gasteiger partial charge < -0.3 is 0 Å². The lowest BCUT2D eigenvalue weighted by molar-refractivity contribution is -0.170. The predicted molar refractivity (Wildman–Crippen MR) is 49.0 cm³/mol. The van der Waals surface area contributed by atoms with Crippen molar-refractivity contribution in [3.63, 3.8) is 0 Å². The van der Waals surface area contributed by atoms with E-state index in [4.69, 9.17) is 23.2 Å². The molecule has 88 valence electrons. The molecule has 0 aliphatic carbocycles. The minimum atomic E-state index is -4.99. The second-order valence-electron chi connectivity index (χ2n) is 2.81. The Morgan fingerprint density at radius 3 is 2.38 bits per heavy atom. The first-order chi connectivity index (χ1) is 7.21. The summed E-state index contributed by atoms with van der Waals surface area (Å²) < 4.78 is 48.6. The van der Waals surface area contributed by atoms with Crippen LogP contribution in [0.3, 0.4) is 0 Å². The summed E-state index contributed by atoms with van der Waals surface area (Å²) in [6, 6.07) is 0.654. The van der Waals surface area contributed by atoms with Crippen molar-refractivity contribution in [2.24, 2.45) is 0 Å². The number of aromatic nitrogens is 1. The Labute approximate surface area is 97.2 Å². The van der Waals surface area contributed by atoms with Crippen LogP contribution in [0.5, 0.6) is 0 Å². The van der Waals surface area contributed by atoms with Gasteiger partial charge in [0.1, 0.15) is 5.15 Å². The van der Waals surface area contributed by atoms with Gasteiger partial charge in [-0.3, -0.25) is 4.79 Å². The molecule has 0 N–H and O–H groups in total. The van der Waals surface area contributed by atoms with Crippen molar-refractivity contribution < 1.29 is 22.4 Å². The van der Waals surface area contributed by atoms with Crippen molar-refractivity contribution in [1.29, 1.82) is 0 Å². The zero-order chi connectivity index (χ0) is 12.5. The average Bonchev–Trinajstić information content (AvgIpc) is 2.12. The average molecular weight is 276 g/mol. The van der Waals surface area contributed by atoms with Crippen LogP contribution in [0.2, 0.25) is 10.3 Å². The van der Waals surface area contributed by atoms with Gasteiger partial charge >= 0.3 is 6.18 Å². The number of hydrogen-bond acceptors (Lipinski definition) is 2. The fraction of sp³-hybridized carbons (Fsp3) is 0.250. The molecule has 1 rings (SSSR count). The van der Waals surface area contributed by atoms with Crippen molar-refractivity contribution in [2.45, 2.75) is 12.6 Å². The van der Waals surface area contributed by atoms with Crippen LogP contribution < -0.4 is 0 Å². The van der Waals surface area contributed by atoms with Crippen LogP contribution in [0.1, 0.15) is 5.56 Å². The van der Waals surface area contributed by atoms with Gasteiger partial charge in [0, 0.05) is 12.0 Å². The molecule has 0 bridgehead atoms. The van der Waals surface area contributed by atoms with Crippen molar-refractivity contribution in [3.8, 4) is 0 Å². The van der Waals surface area contributed by atoms with E-state index < -0.39 is 34.5 Å². The third-order valence-electron chi connectivity index (χ3n) is 1.63. The van der Waals surface area contributed by atoms with E-state index in [9.17, 15) is 22.4 Å². The lowest BCUT2D eigenvalue weighted by Crippen LogP contribution is -2.24. The van der Waals surface area contributed by atoms with Crippen LogP contribution in [0.25, 0.3) is 0 Å². The van der Waals surface area contributed by atoms with E-state index in [1.165, 1.54) is 0 Å². The smallest absolute Gasteiger partial charge is 0.289 e. The van der Waals surface area contributed by atoms with Gasteiger partial charge in [0.25, 0.3) is 0 Å². The van der Waals surface area contributed by atoms with E-state index in [-0.39, 0.29) is 5.56 Å². The first kappa shape index (κ1) is 13.2. The molecule has 8 heteroatoms. The van der Waals surface area contributed by atoms with Crippen LogP contribution in [-0.4, -0.2) is 16.9 Å². The molecule has 1 aromatic heterocycles. The molecule has 0 unspecified atom stereocenters. The van der Waals surface area contributed by atoms with Crippen LogP contribution in [0, 0.1) is 5.82 Å². The van der Waals surface area contributed by atoms with E-state index in [2.05, 4.69) is 4.98 Å². The summed E-state index contributed by atoms with van der Waals surface area (Å²) in [5.41, 5.74) is -0.356. The quantitative estimate of drug-likeness (QED) is 0.613. The van der Waals surface area contributed by atoms with Gasteiger partial charge in [0.05, 0.1) is 0 Å². The highest BCUT2D eigenvalue weighted by Gasteiger charge is 2.38. The molecule has 0 aliphatic heterocycles. The Bertz CT molecular complexity index is 433. The van der Waals surface area contributed by atoms with E-state index in [0.29, 0.717) is 6.07 Å². The van der Waals surface area contributed by atoms with Gasteiger partial charge in [-0.1, -0.05) is 23.2 Å². The number of Topliss-reactive ketones (excluding diaryl/α,β-unsaturated/α-hetero) is 1. The molecule has 0 saturated heterocycles. The Morgan fingerprint density at radius 1 is 1.31 bits per heavy atom. The number of rotatable bonds is 2. The maximum absolute atomic E-state index is 12.9. The van der Waals surface area contributed by atoms with Crippen molar-refractivity contribution >= 4 is 29.0 Å². The molecular formula is C8H3Cl2F4NO. The third-order valence-corrected chi connectivity index (χ3v) is 2.22. The van der Waals surface area contributed by atoms with Crippen molar-refractivity contribution in [3.05, 3.63) is 27.8 Å². The highest BCUT2D eigenvalue weighted by Crippen LogP contribution is 2.24. The lowest BCUT2D eigenvalue weighted by atomic mass is 10.1. The normalized spacial score (nSPS) is 11.6. The Kier molecular flexibility index (Phi) is 3.75. The first-order valence-corrected chi connectivity index (χ1v) is 4.58. The van der Waals surface area contributed by atoms with Crippen LogP contribution in [0.4, 0.5) is 17.6 Å². The van der Waals surface area contributed by atoms with Gasteiger partial charge in [-0.15, -0.1) is 0 Å². The number of alkyl halides is 3. The molecule has 0 radical (unpaired) electrons. The molecule has 0 atom stereocenters. The molecule has 0 amide bonds. The molecule has 0 spiro atoms. The molecule has 0 aliphatic rings. The molecule has 0 fully saturated rings. The number of nitrogens with zero attached hydrogens (tertiary/aromatic N) is 1. The minimum absolute atomic E-state index is 0.356. The van der Waals surface area contributed by atoms with E-state index in [1.807, 2.05) is 0 Å².